The van der Waals surface area contributed by atoms with Crippen LogP contribution in [0.1, 0.15) is 32.8 Å². The maximum absolute atomic E-state index is 11.9. The van der Waals surface area contributed by atoms with Gasteiger partial charge in [0.1, 0.15) is 0 Å². The molecule has 0 aromatic heterocycles. The predicted molar refractivity (Wildman–Crippen MR) is 81.3 cm³/mol. The summed E-state index contributed by atoms with van der Waals surface area (Å²) in [6, 6.07) is 5.55. The summed E-state index contributed by atoms with van der Waals surface area (Å²) in [5.41, 5.74) is 1.01. The van der Waals surface area contributed by atoms with Gasteiger partial charge >= 0.3 is 0 Å². The average molecular weight is 292 g/mol. The molecule has 1 aromatic carbocycles. The van der Waals surface area contributed by atoms with Crippen molar-refractivity contribution in [1.29, 1.82) is 0 Å². The molecule has 1 amide bonds. The lowest BCUT2D eigenvalue weighted by Crippen LogP contribution is -2.42. The molecule has 0 aliphatic carbocycles. The van der Waals surface area contributed by atoms with Gasteiger partial charge in [-0.2, -0.15) is 0 Å². The molecule has 2 N–H and O–H groups in total. The van der Waals surface area contributed by atoms with Crippen LogP contribution in [0.5, 0.6) is 11.5 Å². The van der Waals surface area contributed by atoms with Crippen LogP contribution < -0.4 is 20.1 Å². The number of carbonyl (C=O) groups excluding carboxylic acids is 1. The summed E-state index contributed by atoms with van der Waals surface area (Å²) in [6.45, 7) is 7.71. The Morgan fingerprint density at radius 3 is 2.86 bits per heavy atom. The van der Waals surface area contributed by atoms with Crippen LogP contribution in [-0.4, -0.2) is 25.3 Å². The first-order valence-corrected chi connectivity index (χ1v) is 7.46. The summed E-state index contributed by atoms with van der Waals surface area (Å²) < 4.78 is 10.8. The third kappa shape index (κ3) is 4.36. The molecule has 1 aliphatic rings. The number of fused-ring (bicyclic) bond motifs is 1. The number of ether oxygens (including phenoxy) is 2. The van der Waals surface area contributed by atoms with Gasteiger partial charge in [0.05, 0.1) is 6.04 Å². The van der Waals surface area contributed by atoms with E-state index in [1.54, 1.807) is 0 Å². The number of rotatable bonds is 7. The normalized spacial score (nSPS) is 14.3. The number of carbonyl (C=O) groups is 1. The Hall–Kier alpha value is -1.75. The molecule has 5 nitrogen and oxygen atoms in total. The number of benzene rings is 1. The van der Waals surface area contributed by atoms with Gasteiger partial charge in [-0.1, -0.05) is 26.0 Å². The summed E-state index contributed by atoms with van der Waals surface area (Å²) in [5, 5.41) is 6.16. The van der Waals surface area contributed by atoms with Gasteiger partial charge in [-0.05, 0) is 25.3 Å². The summed E-state index contributed by atoms with van der Waals surface area (Å²) in [4.78, 5) is 11.9. The van der Waals surface area contributed by atoms with Crippen LogP contribution in [0.25, 0.3) is 0 Å². The van der Waals surface area contributed by atoms with Gasteiger partial charge in [-0.25, -0.2) is 0 Å². The Bertz CT molecular complexity index is 488. The van der Waals surface area contributed by atoms with Crippen molar-refractivity contribution in [3.8, 4) is 11.5 Å². The van der Waals surface area contributed by atoms with Crippen LogP contribution >= 0.6 is 0 Å². The molecule has 0 bridgehead atoms. The Balaban J connectivity index is 1.80. The molecule has 2 rings (SSSR count). The van der Waals surface area contributed by atoms with E-state index >= 15 is 0 Å². The fourth-order valence-corrected chi connectivity index (χ4v) is 2.12. The maximum atomic E-state index is 11.9. The van der Waals surface area contributed by atoms with Crippen LogP contribution in [0.3, 0.4) is 0 Å². The minimum absolute atomic E-state index is 0.0281. The fraction of sp³-hybridized carbons (Fsp3) is 0.562. The summed E-state index contributed by atoms with van der Waals surface area (Å²) in [5.74, 6) is 2.17. The Labute approximate surface area is 126 Å². The lowest BCUT2D eigenvalue weighted by molar-refractivity contribution is -0.122. The summed E-state index contributed by atoms with van der Waals surface area (Å²) in [7, 11) is 0. The van der Waals surface area contributed by atoms with E-state index in [2.05, 4.69) is 24.5 Å². The number of para-hydroxylation sites is 1. The molecule has 5 heteroatoms. The van der Waals surface area contributed by atoms with Gasteiger partial charge in [0.2, 0.25) is 12.7 Å². The zero-order valence-corrected chi connectivity index (χ0v) is 12.9. The van der Waals surface area contributed by atoms with Gasteiger partial charge in [0.25, 0.3) is 0 Å². The highest BCUT2D eigenvalue weighted by Crippen LogP contribution is 2.35. The van der Waals surface area contributed by atoms with Crippen molar-refractivity contribution in [2.45, 2.75) is 39.8 Å². The van der Waals surface area contributed by atoms with Crippen molar-refractivity contribution >= 4 is 5.91 Å². The van der Waals surface area contributed by atoms with Crippen molar-refractivity contribution in [3.63, 3.8) is 0 Å². The molecule has 0 radical (unpaired) electrons. The minimum atomic E-state index is -0.240. The van der Waals surface area contributed by atoms with Crippen LogP contribution in [0.2, 0.25) is 0 Å². The largest absolute Gasteiger partial charge is 0.454 e. The minimum Gasteiger partial charge on any atom is -0.454 e. The first-order chi connectivity index (χ1) is 10.1. The topological polar surface area (TPSA) is 59.6 Å². The molecule has 0 saturated heterocycles. The molecule has 0 spiro atoms. The van der Waals surface area contributed by atoms with Gasteiger partial charge in [-0.3, -0.25) is 4.79 Å². The van der Waals surface area contributed by atoms with Crippen molar-refractivity contribution in [2.75, 3.05) is 13.3 Å². The molecule has 0 fully saturated rings. The molecule has 1 atom stereocenters. The molecule has 1 aromatic rings. The molecule has 1 unspecified atom stereocenters. The molecule has 1 heterocycles. The van der Waals surface area contributed by atoms with Crippen LogP contribution in [-0.2, 0) is 11.3 Å². The summed E-state index contributed by atoms with van der Waals surface area (Å²) >= 11 is 0. The second-order valence-electron chi connectivity index (χ2n) is 5.73. The van der Waals surface area contributed by atoms with E-state index in [1.807, 2.05) is 25.1 Å². The smallest absolute Gasteiger partial charge is 0.236 e. The van der Waals surface area contributed by atoms with E-state index in [-0.39, 0.29) is 18.7 Å². The zero-order valence-electron chi connectivity index (χ0n) is 12.9. The SMILES string of the molecule is CC(C)CCNC(=O)C(C)NCc1cccc2c1OCO2. The third-order valence-corrected chi connectivity index (χ3v) is 3.49. The highest BCUT2D eigenvalue weighted by molar-refractivity contribution is 5.81. The second kappa shape index (κ2) is 7.31. The monoisotopic (exact) mass is 292 g/mol. The van der Waals surface area contributed by atoms with E-state index < -0.39 is 0 Å². The van der Waals surface area contributed by atoms with Gasteiger partial charge in [0.15, 0.2) is 11.5 Å². The van der Waals surface area contributed by atoms with Gasteiger partial charge in [0, 0.05) is 18.7 Å². The number of amides is 1. The molecular weight excluding hydrogens is 268 g/mol. The van der Waals surface area contributed by atoms with E-state index in [0.717, 1.165) is 30.0 Å². The first kappa shape index (κ1) is 15.6. The Kier molecular flexibility index (Phi) is 5.44. The van der Waals surface area contributed by atoms with Crippen molar-refractivity contribution < 1.29 is 14.3 Å². The standard InChI is InChI=1S/C16H24N2O3/c1-11(2)7-8-17-16(19)12(3)18-9-13-5-4-6-14-15(13)21-10-20-14/h4-6,11-12,18H,7-10H2,1-3H3,(H,17,19). The Morgan fingerprint density at radius 2 is 2.10 bits per heavy atom. The lowest BCUT2D eigenvalue weighted by atomic mass is 10.1. The number of hydrogen-bond donors (Lipinski definition) is 2. The average Bonchev–Trinajstić information content (AvgIpc) is 2.93. The lowest BCUT2D eigenvalue weighted by Gasteiger charge is -2.15. The highest BCUT2D eigenvalue weighted by atomic mass is 16.7. The maximum Gasteiger partial charge on any atom is 0.236 e. The number of hydrogen-bond acceptors (Lipinski definition) is 4. The van der Waals surface area contributed by atoms with Crippen LogP contribution in [0.15, 0.2) is 18.2 Å². The van der Waals surface area contributed by atoms with E-state index in [0.29, 0.717) is 12.5 Å². The zero-order chi connectivity index (χ0) is 15.2. The van der Waals surface area contributed by atoms with E-state index in [9.17, 15) is 4.79 Å². The quantitative estimate of drug-likeness (QED) is 0.807. The van der Waals surface area contributed by atoms with Gasteiger partial charge in [-0.15, -0.1) is 0 Å². The van der Waals surface area contributed by atoms with Crippen molar-refractivity contribution in [3.05, 3.63) is 23.8 Å². The Morgan fingerprint density at radius 1 is 1.29 bits per heavy atom. The van der Waals surface area contributed by atoms with Crippen molar-refractivity contribution in [1.82, 2.24) is 10.6 Å². The molecule has 116 valence electrons. The molecule has 1 aliphatic heterocycles. The highest BCUT2D eigenvalue weighted by Gasteiger charge is 2.18. The fourth-order valence-electron chi connectivity index (χ4n) is 2.12. The summed E-state index contributed by atoms with van der Waals surface area (Å²) in [6.07, 6.45) is 0.996. The molecule has 21 heavy (non-hydrogen) atoms. The van der Waals surface area contributed by atoms with Crippen LogP contribution in [0, 0.1) is 5.92 Å². The second-order valence-corrected chi connectivity index (χ2v) is 5.73. The molecule has 0 saturated carbocycles. The van der Waals surface area contributed by atoms with E-state index in [4.69, 9.17) is 9.47 Å². The van der Waals surface area contributed by atoms with Crippen molar-refractivity contribution in [2.24, 2.45) is 5.92 Å². The molecular formula is C16H24N2O3. The third-order valence-electron chi connectivity index (χ3n) is 3.49. The van der Waals surface area contributed by atoms with Crippen LogP contribution in [0.4, 0.5) is 0 Å². The predicted octanol–water partition coefficient (Wildman–Crippen LogP) is 2.06. The van der Waals surface area contributed by atoms with E-state index in [1.165, 1.54) is 0 Å². The van der Waals surface area contributed by atoms with Gasteiger partial charge < -0.3 is 20.1 Å². The number of nitrogens with one attached hydrogen (secondary N) is 2. The first-order valence-electron chi connectivity index (χ1n) is 7.46.